The molecule has 10 aromatic rings. The summed E-state index contributed by atoms with van der Waals surface area (Å²) in [6.07, 6.45) is 0. The van der Waals surface area contributed by atoms with E-state index in [4.69, 9.17) is 14.4 Å². The lowest BCUT2D eigenvalue weighted by molar-refractivity contribution is 0.669. The minimum atomic E-state index is 0.707. The summed E-state index contributed by atoms with van der Waals surface area (Å²) in [5.74, 6) is 0.707. The number of nitrogens with zero attached hydrogens (tertiary/aromatic N) is 2. The van der Waals surface area contributed by atoms with Gasteiger partial charge in [0.2, 0.25) is 0 Å². The fourth-order valence-corrected chi connectivity index (χ4v) is 7.37. The van der Waals surface area contributed by atoms with Crippen LogP contribution < -0.4 is 0 Å². The Hall–Kier alpha value is -6.58. The molecule has 0 bridgehead atoms. The van der Waals surface area contributed by atoms with E-state index in [0.29, 0.717) is 5.82 Å². The molecule has 2 aromatic heterocycles. The van der Waals surface area contributed by atoms with Crippen LogP contribution in [-0.2, 0) is 0 Å². The Labute approximate surface area is 282 Å². The van der Waals surface area contributed by atoms with E-state index in [-0.39, 0.29) is 0 Å². The van der Waals surface area contributed by atoms with Crippen molar-refractivity contribution in [2.24, 2.45) is 0 Å². The number of hydrogen-bond donors (Lipinski definition) is 0. The Morgan fingerprint density at radius 3 is 1.41 bits per heavy atom. The Bertz CT molecular complexity index is 2760. The Kier molecular flexibility index (Phi) is 6.18. The van der Waals surface area contributed by atoms with Crippen molar-refractivity contribution in [2.75, 3.05) is 0 Å². The molecule has 0 aliphatic carbocycles. The number of furan rings is 1. The first-order chi connectivity index (χ1) is 24.3. The molecule has 0 atom stereocenters. The van der Waals surface area contributed by atoms with Gasteiger partial charge in [0.05, 0.1) is 11.4 Å². The molecule has 3 nitrogen and oxygen atoms in total. The van der Waals surface area contributed by atoms with E-state index in [0.717, 1.165) is 77.1 Å². The monoisotopic (exact) mass is 624 g/mol. The van der Waals surface area contributed by atoms with Gasteiger partial charge in [-0.2, -0.15) is 0 Å². The minimum Gasteiger partial charge on any atom is -0.456 e. The molecular weight excluding hydrogens is 597 g/mol. The van der Waals surface area contributed by atoms with Gasteiger partial charge >= 0.3 is 0 Å². The van der Waals surface area contributed by atoms with Gasteiger partial charge in [-0.15, -0.1) is 0 Å². The van der Waals surface area contributed by atoms with Gasteiger partial charge in [-0.1, -0.05) is 140 Å². The van der Waals surface area contributed by atoms with Gasteiger partial charge in [0.15, 0.2) is 5.82 Å². The van der Waals surface area contributed by atoms with Crippen LogP contribution in [0.25, 0.3) is 99.3 Å². The number of benzene rings is 8. The van der Waals surface area contributed by atoms with Gasteiger partial charge in [-0.25, -0.2) is 9.97 Å². The molecular formula is C46H28N2O. The molecule has 228 valence electrons. The van der Waals surface area contributed by atoms with E-state index in [1.54, 1.807) is 0 Å². The van der Waals surface area contributed by atoms with Crippen molar-refractivity contribution in [1.29, 1.82) is 0 Å². The molecule has 0 amide bonds. The second-order valence-electron chi connectivity index (χ2n) is 12.5. The van der Waals surface area contributed by atoms with Crippen LogP contribution in [0, 0.1) is 0 Å². The molecule has 0 aliphatic rings. The van der Waals surface area contributed by atoms with E-state index >= 15 is 0 Å². The summed E-state index contributed by atoms with van der Waals surface area (Å²) < 4.78 is 6.53. The summed E-state index contributed by atoms with van der Waals surface area (Å²) in [4.78, 5) is 10.5. The number of rotatable bonds is 4. The third kappa shape index (κ3) is 4.51. The van der Waals surface area contributed by atoms with Gasteiger partial charge in [-0.3, -0.25) is 0 Å². The second kappa shape index (κ2) is 11.0. The lowest BCUT2D eigenvalue weighted by Gasteiger charge is -2.18. The molecule has 0 N–H and O–H groups in total. The minimum absolute atomic E-state index is 0.707. The molecule has 0 fully saturated rings. The van der Waals surface area contributed by atoms with E-state index in [1.165, 1.54) is 16.3 Å². The van der Waals surface area contributed by atoms with Crippen molar-refractivity contribution in [1.82, 2.24) is 9.97 Å². The predicted octanol–water partition coefficient (Wildman–Crippen LogP) is 12.5. The summed E-state index contributed by atoms with van der Waals surface area (Å²) in [7, 11) is 0. The third-order valence-corrected chi connectivity index (χ3v) is 9.65. The highest BCUT2D eigenvalue weighted by Crippen LogP contribution is 2.44. The lowest BCUT2D eigenvalue weighted by atomic mass is 9.87. The summed E-state index contributed by atoms with van der Waals surface area (Å²) >= 11 is 0. The number of hydrogen-bond acceptors (Lipinski definition) is 3. The molecule has 0 spiro atoms. The van der Waals surface area contributed by atoms with E-state index in [1.807, 2.05) is 12.1 Å². The van der Waals surface area contributed by atoms with Crippen LogP contribution in [0.1, 0.15) is 0 Å². The van der Waals surface area contributed by atoms with Crippen LogP contribution in [0.15, 0.2) is 174 Å². The lowest BCUT2D eigenvalue weighted by Crippen LogP contribution is -1.98. The molecule has 0 aliphatic heterocycles. The molecule has 0 unspecified atom stereocenters. The van der Waals surface area contributed by atoms with Crippen LogP contribution in [-0.4, -0.2) is 9.97 Å². The molecule has 49 heavy (non-hydrogen) atoms. The average molecular weight is 625 g/mol. The van der Waals surface area contributed by atoms with Gasteiger partial charge in [0.1, 0.15) is 11.2 Å². The maximum absolute atomic E-state index is 6.53. The van der Waals surface area contributed by atoms with Crippen molar-refractivity contribution in [3.05, 3.63) is 170 Å². The standard InChI is InChI=1S/C46H28N2O/c1-3-13-29(14-4-1)40-28-41(30-15-5-2-6-16-30)48-46(47-40)45-37-21-11-9-19-35(37)44(36-20-10-12-22-38(36)45)33-23-24-34-39-25-31-17-7-8-18-32(31)26-43(39)49-42(34)27-33/h1-28H. The maximum atomic E-state index is 6.53. The normalized spacial score (nSPS) is 11.7. The Morgan fingerprint density at radius 1 is 0.327 bits per heavy atom. The highest BCUT2D eigenvalue weighted by Gasteiger charge is 2.20. The van der Waals surface area contributed by atoms with Crippen molar-refractivity contribution < 1.29 is 4.42 Å². The van der Waals surface area contributed by atoms with Crippen LogP contribution in [0.3, 0.4) is 0 Å². The smallest absolute Gasteiger partial charge is 0.161 e. The van der Waals surface area contributed by atoms with Crippen LogP contribution >= 0.6 is 0 Å². The van der Waals surface area contributed by atoms with Crippen molar-refractivity contribution in [2.45, 2.75) is 0 Å². The Morgan fingerprint density at radius 2 is 0.816 bits per heavy atom. The fraction of sp³-hybridized carbons (Fsp3) is 0. The van der Waals surface area contributed by atoms with Crippen LogP contribution in [0.4, 0.5) is 0 Å². The zero-order valence-electron chi connectivity index (χ0n) is 26.5. The van der Waals surface area contributed by atoms with Crippen molar-refractivity contribution >= 4 is 54.3 Å². The first-order valence-corrected chi connectivity index (χ1v) is 16.6. The quantitative estimate of drug-likeness (QED) is 0.183. The zero-order chi connectivity index (χ0) is 32.3. The third-order valence-electron chi connectivity index (χ3n) is 9.65. The summed E-state index contributed by atoms with van der Waals surface area (Å²) in [6.45, 7) is 0. The molecule has 10 rings (SSSR count). The Balaban J connectivity index is 1.24. The molecule has 2 heterocycles. The fourth-order valence-electron chi connectivity index (χ4n) is 7.37. The predicted molar refractivity (Wildman–Crippen MR) is 204 cm³/mol. The van der Waals surface area contributed by atoms with Crippen LogP contribution in [0.2, 0.25) is 0 Å². The van der Waals surface area contributed by atoms with Crippen LogP contribution in [0.5, 0.6) is 0 Å². The van der Waals surface area contributed by atoms with Crippen molar-refractivity contribution in [3.8, 4) is 45.0 Å². The summed E-state index contributed by atoms with van der Waals surface area (Å²) in [6, 6.07) is 59.6. The topological polar surface area (TPSA) is 38.9 Å². The highest BCUT2D eigenvalue weighted by atomic mass is 16.3. The zero-order valence-corrected chi connectivity index (χ0v) is 26.5. The van der Waals surface area contributed by atoms with Gasteiger partial charge < -0.3 is 4.42 Å². The molecule has 8 aromatic carbocycles. The average Bonchev–Trinajstić information content (AvgIpc) is 3.52. The maximum Gasteiger partial charge on any atom is 0.161 e. The first kappa shape index (κ1) is 27.5. The summed E-state index contributed by atoms with van der Waals surface area (Å²) in [5.41, 5.74) is 8.99. The second-order valence-corrected chi connectivity index (χ2v) is 12.5. The molecule has 0 radical (unpaired) electrons. The van der Waals surface area contributed by atoms with Crippen molar-refractivity contribution in [3.63, 3.8) is 0 Å². The van der Waals surface area contributed by atoms with E-state index < -0.39 is 0 Å². The van der Waals surface area contributed by atoms with E-state index in [9.17, 15) is 0 Å². The van der Waals surface area contributed by atoms with Gasteiger partial charge in [0.25, 0.3) is 0 Å². The number of fused-ring (bicyclic) bond motifs is 6. The largest absolute Gasteiger partial charge is 0.456 e. The first-order valence-electron chi connectivity index (χ1n) is 16.6. The van der Waals surface area contributed by atoms with Gasteiger partial charge in [-0.05, 0) is 73.8 Å². The highest BCUT2D eigenvalue weighted by molar-refractivity contribution is 6.21. The molecule has 3 heteroatoms. The number of aromatic nitrogens is 2. The van der Waals surface area contributed by atoms with E-state index in [2.05, 4.69) is 158 Å². The summed E-state index contributed by atoms with van der Waals surface area (Å²) in [5, 5.41) is 9.15. The molecule has 0 saturated carbocycles. The van der Waals surface area contributed by atoms with Gasteiger partial charge in [0, 0.05) is 27.5 Å². The SMILES string of the molecule is c1ccc(-c2cc(-c3ccccc3)nc(-c3c4ccccc4c(-c4ccc5c(c4)oc4cc6ccccc6cc45)c4ccccc34)n2)cc1. The molecule has 0 saturated heterocycles.